The molecule has 3 unspecified atom stereocenters. The van der Waals surface area contributed by atoms with Gasteiger partial charge in [0, 0.05) is 12.3 Å². The third-order valence-corrected chi connectivity index (χ3v) is 3.02. The Morgan fingerprint density at radius 3 is 2.60 bits per heavy atom. The van der Waals surface area contributed by atoms with Crippen LogP contribution in [0.5, 0.6) is 0 Å². The summed E-state index contributed by atoms with van der Waals surface area (Å²) in [6, 6.07) is 0. The highest BCUT2D eigenvalue weighted by Crippen LogP contribution is 2.27. The van der Waals surface area contributed by atoms with Crippen molar-refractivity contribution in [1.82, 2.24) is 0 Å². The van der Waals surface area contributed by atoms with Crippen LogP contribution < -0.4 is 0 Å². The highest BCUT2D eigenvalue weighted by molar-refractivity contribution is 5.95. The van der Waals surface area contributed by atoms with E-state index in [1.807, 2.05) is 6.08 Å². The van der Waals surface area contributed by atoms with E-state index < -0.39 is 0 Å². The van der Waals surface area contributed by atoms with Gasteiger partial charge in [0.05, 0.1) is 25.4 Å². The lowest BCUT2D eigenvalue weighted by molar-refractivity contribution is -0.117. The minimum atomic E-state index is 0.0429. The Morgan fingerprint density at radius 1 is 1.27 bits per heavy atom. The molecule has 15 heavy (non-hydrogen) atoms. The maximum Gasteiger partial charge on any atom is 0.162 e. The Kier molecular flexibility index (Phi) is 2.22. The van der Waals surface area contributed by atoms with Gasteiger partial charge >= 0.3 is 0 Å². The van der Waals surface area contributed by atoms with Gasteiger partial charge in [-0.05, 0) is 18.1 Å². The zero-order valence-electron chi connectivity index (χ0n) is 8.52. The van der Waals surface area contributed by atoms with Gasteiger partial charge in [0.1, 0.15) is 0 Å². The molecule has 0 amide bonds. The van der Waals surface area contributed by atoms with Crippen molar-refractivity contribution in [3.8, 4) is 0 Å². The topological polar surface area (TPSA) is 42.1 Å². The van der Waals surface area contributed by atoms with Gasteiger partial charge in [-0.15, -0.1) is 0 Å². The summed E-state index contributed by atoms with van der Waals surface area (Å²) in [5.74, 6) is 0.269. The molecule has 1 aliphatic carbocycles. The molecule has 3 aliphatic rings. The van der Waals surface area contributed by atoms with Crippen molar-refractivity contribution in [3.05, 3.63) is 23.8 Å². The van der Waals surface area contributed by atoms with Gasteiger partial charge in [0.15, 0.2) is 5.78 Å². The Bertz CT molecular complexity index is 335. The van der Waals surface area contributed by atoms with Crippen LogP contribution in [-0.4, -0.2) is 31.2 Å². The van der Waals surface area contributed by atoms with Gasteiger partial charge < -0.3 is 9.47 Å². The summed E-state index contributed by atoms with van der Waals surface area (Å²) in [7, 11) is 0. The number of rotatable bonds is 4. The van der Waals surface area contributed by atoms with Gasteiger partial charge in [-0.1, -0.05) is 12.2 Å². The zero-order valence-corrected chi connectivity index (χ0v) is 8.52. The normalized spacial score (nSPS) is 37.7. The van der Waals surface area contributed by atoms with Crippen LogP contribution in [0.25, 0.3) is 0 Å². The molecule has 2 fully saturated rings. The lowest BCUT2D eigenvalue weighted by Crippen LogP contribution is -2.15. The quantitative estimate of drug-likeness (QED) is 0.650. The number of ether oxygens (including phenoxy) is 2. The van der Waals surface area contributed by atoms with Crippen molar-refractivity contribution in [2.75, 3.05) is 13.2 Å². The molecule has 3 atom stereocenters. The average Bonchev–Trinajstić information content (AvgIpc) is 3.04. The number of carbonyl (C=O) groups is 1. The molecule has 3 nitrogen and oxygen atoms in total. The van der Waals surface area contributed by atoms with Gasteiger partial charge in [-0.2, -0.15) is 0 Å². The summed E-state index contributed by atoms with van der Waals surface area (Å²) < 4.78 is 10.3. The molecule has 0 bridgehead atoms. The van der Waals surface area contributed by atoms with Crippen LogP contribution in [0.4, 0.5) is 0 Å². The third kappa shape index (κ3) is 2.36. The fourth-order valence-corrected chi connectivity index (χ4v) is 1.93. The molecular weight excluding hydrogens is 192 g/mol. The number of epoxide rings is 2. The third-order valence-electron chi connectivity index (χ3n) is 3.02. The van der Waals surface area contributed by atoms with Crippen LogP contribution in [0.1, 0.15) is 12.8 Å². The lowest BCUT2D eigenvalue weighted by atomic mass is 9.90. The summed E-state index contributed by atoms with van der Waals surface area (Å²) in [4.78, 5) is 11.7. The van der Waals surface area contributed by atoms with Gasteiger partial charge in [0.2, 0.25) is 0 Å². The van der Waals surface area contributed by atoms with E-state index in [0.717, 1.165) is 31.6 Å². The van der Waals surface area contributed by atoms with E-state index in [2.05, 4.69) is 6.08 Å². The second-order valence-corrected chi connectivity index (χ2v) is 4.44. The summed E-state index contributed by atoms with van der Waals surface area (Å²) in [5, 5.41) is 0. The first-order chi connectivity index (χ1) is 7.31. The zero-order chi connectivity index (χ0) is 10.3. The van der Waals surface area contributed by atoms with Crippen molar-refractivity contribution in [2.45, 2.75) is 25.0 Å². The second-order valence-electron chi connectivity index (χ2n) is 4.44. The van der Waals surface area contributed by atoms with E-state index in [9.17, 15) is 4.79 Å². The minimum Gasteiger partial charge on any atom is -0.373 e. The van der Waals surface area contributed by atoms with Crippen molar-refractivity contribution in [2.24, 2.45) is 5.92 Å². The Balaban J connectivity index is 1.60. The monoisotopic (exact) mass is 206 g/mol. The molecule has 0 aromatic rings. The van der Waals surface area contributed by atoms with Crippen LogP contribution in [0.2, 0.25) is 0 Å². The minimum absolute atomic E-state index is 0.0429. The van der Waals surface area contributed by atoms with Crippen molar-refractivity contribution >= 4 is 5.78 Å². The standard InChI is InChI=1S/C12H14O3/c13-12-4-8(3-10-6-14-10)1-2-9(12)5-11-7-15-11/h1-2,4,9-11H,3,5-7H2. The number of allylic oxidation sites excluding steroid dienone is 3. The predicted molar refractivity (Wildman–Crippen MR) is 54.4 cm³/mol. The molecule has 2 saturated heterocycles. The first-order valence-electron chi connectivity index (χ1n) is 5.47. The second kappa shape index (κ2) is 3.58. The van der Waals surface area contributed by atoms with Crippen molar-refractivity contribution < 1.29 is 14.3 Å². The first kappa shape index (κ1) is 9.31. The highest BCUT2D eigenvalue weighted by atomic mass is 16.6. The molecule has 0 aromatic carbocycles. The number of hydrogen-bond acceptors (Lipinski definition) is 3. The maximum atomic E-state index is 11.7. The molecular formula is C12H14O3. The average molecular weight is 206 g/mol. The van der Waals surface area contributed by atoms with Gasteiger partial charge in [-0.25, -0.2) is 0 Å². The van der Waals surface area contributed by atoms with Crippen molar-refractivity contribution in [1.29, 1.82) is 0 Å². The fraction of sp³-hybridized carbons (Fsp3) is 0.583. The highest BCUT2D eigenvalue weighted by Gasteiger charge is 2.30. The molecule has 80 valence electrons. The SMILES string of the molecule is O=C1C=C(CC2CO2)C=CC1CC1CO1. The molecule has 0 radical (unpaired) electrons. The smallest absolute Gasteiger partial charge is 0.162 e. The summed E-state index contributed by atoms with van der Waals surface area (Å²) in [6.07, 6.45) is 8.27. The molecule has 3 rings (SSSR count). The fourth-order valence-electron chi connectivity index (χ4n) is 1.93. The van der Waals surface area contributed by atoms with Gasteiger partial charge in [-0.3, -0.25) is 4.79 Å². The summed E-state index contributed by atoms with van der Waals surface area (Å²) in [5.41, 5.74) is 1.11. The van der Waals surface area contributed by atoms with E-state index in [1.165, 1.54) is 0 Å². The van der Waals surface area contributed by atoms with E-state index in [1.54, 1.807) is 6.08 Å². The van der Waals surface area contributed by atoms with E-state index in [4.69, 9.17) is 9.47 Å². The van der Waals surface area contributed by atoms with Gasteiger partial charge in [0.25, 0.3) is 0 Å². The lowest BCUT2D eigenvalue weighted by Gasteiger charge is -2.13. The molecule has 0 aromatic heterocycles. The molecule has 3 heteroatoms. The molecule has 2 aliphatic heterocycles. The first-order valence-corrected chi connectivity index (χ1v) is 5.47. The van der Waals surface area contributed by atoms with E-state index in [0.29, 0.717) is 12.2 Å². The number of hydrogen-bond donors (Lipinski definition) is 0. The summed E-state index contributed by atoms with van der Waals surface area (Å²) >= 11 is 0. The van der Waals surface area contributed by atoms with Crippen LogP contribution >= 0.6 is 0 Å². The maximum absolute atomic E-state index is 11.7. The number of carbonyl (C=O) groups excluding carboxylic acids is 1. The molecule has 0 N–H and O–H groups in total. The van der Waals surface area contributed by atoms with Crippen LogP contribution in [-0.2, 0) is 14.3 Å². The number of ketones is 1. The summed E-state index contributed by atoms with van der Waals surface area (Å²) in [6.45, 7) is 1.67. The Morgan fingerprint density at radius 2 is 2.00 bits per heavy atom. The Hall–Kier alpha value is -0.930. The largest absolute Gasteiger partial charge is 0.373 e. The van der Waals surface area contributed by atoms with Crippen LogP contribution in [0.15, 0.2) is 23.8 Å². The molecule has 0 saturated carbocycles. The molecule has 0 spiro atoms. The van der Waals surface area contributed by atoms with Crippen LogP contribution in [0.3, 0.4) is 0 Å². The van der Waals surface area contributed by atoms with E-state index in [-0.39, 0.29) is 11.7 Å². The van der Waals surface area contributed by atoms with Crippen LogP contribution in [0, 0.1) is 5.92 Å². The Labute approximate surface area is 88.7 Å². The predicted octanol–water partition coefficient (Wildman–Crippen LogP) is 1.25. The van der Waals surface area contributed by atoms with Crippen molar-refractivity contribution in [3.63, 3.8) is 0 Å². The molecule has 2 heterocycles. The van der Waals surface area contributed by atoms with E-state index >= 15 is 0 Å².